The molecule has 2 unspecified atom stereocenters. The summed E-state index contributed by atoms with van der Waals surface area (Å²) in [7, 11) is -1.36. The molecule has 0 saturated heterocycles. The summed E-state index contributed by atoms with van der Waals surface area (Å²) in [6, 6.07) is 10.6. The maximum atomic E-state index is 14.9. The minimum atomic E-state index is -5.29. The van der Waals surface area contributed by atoms with Crippen molar-refractivity contribution in [1.29, 1.82) is 0 Å². The zero-order chi connectivity index (χ0) is 35.2. The number of nitrogens with zero attached hydrogens (tertiary/aromatic N) is 1. The Morgan fingerprint density at radius 2 is 1.74 bits per heavy atom. The van der Waals surface area contributed by atoms with Crippen molar-refractivity contribution in [3.8, 4) is 22.8 Å². The highest BCUT2D eigenvalue weighted by molar-refractivity contribution is 14.1. The number of pyridine rings is 1. The van der Waals surface area contributed by atoms with Gasteiger partial charge in [-0.1, -0.05) is 48.0 Å². The normalized spacial score (nSPS) is 16.6. The molecule has 1 fully saturated rings. The number of alkyl halides is 4. The maximum absolute atomic E-state index is 14.9. The van der Waals surface area contributed by atoms with Crippen LogP contribution in [-0.2, 0) is 9.02 Å². The standard InChI is InChI=1S/C33H38ClF4IN2O5Si/c1-30(2,47(5,6)44)17-31(3,39)21-15-25(19-7-11-24(35)23(34)13-19)41-28(16-21)32(43,33(36,37)38)18-40-29(42)20-8-12-26(27(14-20)45-4)46-22-9-10-22/h7-8,11-16,22,43-44H,9-10,17-18H2,1-6H3,(H,40,42). The molecule has 1 aliphatic carbocycles. The molecule has 1 aliphatic rings. The van der Waals surface area contributed by atoms with Crippen molar-refractivity contribution >= 4 is 48.4 Å². The van der Waals surface area contributed by atoms with Crippen LogP contribution in [0.25, 0.3) is 11.3 Å². The quantitative estimate of drug-likeness (QED) is 0.0738. The molecule has 7 nitrogen and oxygen atoms in total. The number of aliphatic hydroxyl groups is 1. The van der Waals surface area contributed by atoms with Gasteiger partial charge in [-0.05, 0) is 98.4 Å². The highest BCUT2D eigenvalue weighted by Gasteiger charge is 2.57. The van der Waals surface area contributed by atoms with Crippen molar-refractivity contribution in [1.82, 2.24) is 10.3 Å². The van der Waals surface area contributed by atoms with E-state index in [2.05, 4.69) is 32.9 Å². The molecule has 4 rings (SSSR count). The molecule has 1 heterocycles. The van der Waals surface area contributed by atoms with Crippen LogP contribution in [0.5, 0.6) is 11.5 Å². The molecule has 0 bridgehead atoms. The van der Waals surface area contributed by atoms with E-state index in [0.717, 1.165) is 25.0 Å². The summed E-state index contributed by atoms with van der Waals surface area (Å²) in [5, 5.41) is 12.8. The predicted octanol–water partition coefficient (Wildman–Crippen LogP) is 8.29. The van der Waals surface area contributed by atoms with Gasteiger partial charge in [0.25, 0.3) is 5.91 Å². The van der Waals surface area contributed by atoms with Gasteiger partial charge in [-0.15, -0.1) is 0 Å². The summed E-state index contributed by atoms with van der Waals surface area (Å²) in [4.78, 5) is 28.3. The number of benzene rings is 2. The molecule has 3 N–H and O–H groups in total. The van der Waals surface area contributed by atoms with Crippen molar-refractivity contribution in [2.75, 3.05) is 13.7 Å². The third-order valence-corrected chi connectivity index (χ3v) is 13.5. The van der Waals surface area contributed by atoms with Gasteiger partial charge in [0.1, 0.15) is 5.82 Å². The lowest BCUT2D eigenvalue weighted by Gasteiger charge is -2.41. The summed E-state index contributed by atoms with van der Waals surface area (Å²) < 4.78 is 68.9. The zero-order valence-corrected chi connectivity index (χ0v) is 30.8. The van der Waals surface area contributed by atoms with Crippen LogP contribution in [0.3, 0.4) is 0 Å². The first-order valence-corrected chi connectivity index (χ1v) is 19.3. The summed E-state index contributed by atoms with van der Waals surface area (Å²) in [6.45, 7) is 7.93. The minimum absolute atomic E-state index is 0.00396. The number of hydrogen-bond acceptors (Lipinski definition) is 6. The van der Waals surface area contributed by atoms with Crippen LogP contribution >= 0.6 is 34.2 Å². The van der Waals surface area contributed by atoms with E-state index in [9.17, 15) is 32.3 Å². The first-order valence-electron chi connectivity index (χ1n) is 14.9. The second-order valence-electron chi connectivity index (χ2n) is 13.3. The van der Waals surface area contributed by atoms with Crippen molar-refractivity contribution in [2.24, 2.45) is 0 Å². The third kappa shape index (κ3) is 8.40. The Morgan fingerprint density at radius 3 is 2.30 bits per heavy atom. The molecule has 3 aromatic rings. The number of carbonyl (C=O) groups is 1. The minimum Gasteiger partial charge on any atom is -0.493 e. The van der Waals surface area contributed by atoms with E-state index >= 15 is 0 Å². The Kier molecular flexibility index (Phi) is 10.7. The average Bonchev–Trinajstić information content (AvgIpc) is 3.79. The number of methoxy groups -OCH3 is 1. The first-order chi connectivity index (χ1) is 21.6. The van der Waals surface area contributed by atoms with Gasteiger partial charge in [0.2, 0.25) is 5.60 Å². The summed E-state index contributed by atoms with van der Waals surface area (Å²) in [5.74, 6) is -0.960. The van der Waals surface area contributed by atoms with Crippen LogP contribution in [0, 0.1) is 5.82 Å². The largest absolute Gasteiger partial charge is 0.493 e. The first kappa shape index (κ1) is 37.4. The fourth-order valence-corrected chi connectivity index (χ4v) is 7.50. The number of hydrogen-bond donors (Lipinski definition) is 3. The lowest BCUT2D eigenvalue weighted by atomic mass is 9.87. The van der Waals surface area contributed by atoms with Gasteiger partial charge in [-0.25, -0.2) is 9.37 Å². The Morgan fingerprint density at radius 1 is 1.09 bits per heavy atom. The van der Waals surface area contributed by atoms with Crippen LogP contribution in [0.4, 0.5) is 17.6 Å². The highest BCUT2D eigenvalue weighted by Crippen LogP contribution is 2.51. The number of nitrogens with one attached hydrogen (secondary N) is 1. The molecule has 1 saturated carbocycles. The van der Waals surface area contributed by atoms with Crippen molar-refractivity contribution < 1.29 is 41.7 Å². The smallest absolute Gasteiger partial charge is 0.424 e. The lowest BCUT2D eigenvalue weighted by molar-refractivity contribution is -0.265. The van der Waals surface area contributed by atoms with Crippen molar-refractivity contribution in [3.05, 3.63) is 76.2 Å². The second kappa shape index (κ2) is 13.4. The van der Waals surface area contributed by atoms with Crippen LogP contribution in [0.1, 0.15) is 61.6 Å². The number of carbonyl (C=O) groups excluding carboxylic acids is 1. The average molecular weight is 809 g/mol. The van der Waals surface area contributed by atoms with Crippen LogP contribution < -0.4 is 14.8 Å². The zero-order valence-electron chi connectivity index (χ0n) is 26.9. The van der Waals surface area contributed by atoms with E-state index < -0.39 is 52.5 Å². The van der Waals surface area contributed by atoms with Crippen molar-refractivity contribution in [3.63, 3.8) is 0 Å². The fourth-order valence-electron chi connectivity index (χ4n) is 4.91. The Balaban J connectivity index is 1.77. The fraction of sp³-hybridized carbons (Fsp3) is 0.455. The van der Waals surface area contributed by atoms with Crippen LogP contribution in [0.15, 0.2) is 48.5 Å². The van der Waals surface area contributed by atoms with Gasteiger partial charge in [0.15, 0.2) is 19.8 Å². The van der Waals surface area contributed by atoms with E-state index in [0.29, 0.717) is 17.7 Å². The third-order valence-electron chi connectivity index (χ3n) is 8.71. The monoisotopic (exact) mass is 808 g/mol. The van der Waals surface area contributed by atoms with Gasteiger partial charge >= 0.3 is 6.18 Å². The highest BCUT2D eigenvalue weighted by atomic mass is 127. The number of ether oxygens (including phenoxy) is 2. The number of amides is 1. The summed E-state index contributed by atoms with van der Waals surface area (Å²) in [6.07, 6.45) is -3.08. The van der Waals surface area contributed by atoms with Gasteiger partial charge < -0.3 is 24.7 Å². The molecular weight excluding hydrogens is 771 g/mol. The molecule has 47 heavy (non-hydrogen) atoms. The molecule has 14 heteroatoms. The van der Waals surface area contributed by atoms with Crippen molar-refractivity contribution in [2.45, 2.75) is 79.5 Å². The Hall–Kier alpha value is -2.46. The van der Waals surface area contributed by atoms with Gasteiger partial charge in [0, 0.05) is 14.5 Å². The number of rotatable bonds is 12. The van der Waals surface area contributed by atoms with Gasteiger partial charge in [0.05, 0.1) is 36.2 Å². The van der Waals surface area contributed by atoms with Crippen LogP contribution in [0.2, 0.25) is 23.2 Å². The van der Waals surface area contributed by atoms with E-state index in [1.54, 1.807) is 19.2 Å². The Labute approximate surface area is 291 Å². The molecule has 1 amide bonds. The molecule has 0 aliphatic heterocycles. The molecule has 1 aromatic heterocycles. The van der Waals surface area contributed by atoms with Gasteiger partial charge in [-0.2, -0.15) is 13.2 Å². The van der Waals surface area contributed by atoms with E-state index in [1.807, 2.05) is 20.8 Å². The van der Waals surface area contributed by atoms with E-state index in [4.69, 9.17) is 21.1 Å². The lowest BCUT2D eigenvalue weighted by Crippen LogP contribution is -2.51. The molecule has 2 atom stereocenters. The molecule has 256 valence electrons. The molecule has 0 radical (unpaired) electrons. The SMILES string of the molecule is COc1cc(C(=O)NCC(O)(c2cc(C(C)(I)CC(C)(C)[Si](C)(C)O)cc(-c3ccc(F)c(Cl)c3)n2)C(F)(F)F)ccc1OC1CC1. The van der Waals surface area contributed by atoms with Gasteiger partial charge in [-0.3, -0.25) is 4.79 Å². The van der Waals surface area contributed by atoms with E-state index in [-0.39, 0.29) is 33.7 Å². The molecular formula is C33H38ClF4IN2O5Si. The number of aromatic nitrogens is 1. The van der Waals surface area contributed by atoms with E-state index in [1.165, 1.54) is 37.4 Å². The summed E-state index contributed by atoms with van der Waals surface area (Å²) in [5.41, 5.74) is -3.82. The topological polar surface area (TPSA) is 101 Å². The predicted molar refractivity (Wildman–Crippen MR) is 183 cm³/mol. The maximum Gasteiger partial charge on any atom is 0.424 e. The summed E-state index contributed by atoms with van der Waals surface area (Å²) >= 11 is 8.14. The Bertz CT molecular complexity index is 1650. The number of halogens is 6. The van der Waals surface area contributed by atoms with Crippen LogP contribution in [-0.4, -0.2) is 55.0 Å². The second-order valence-corrected chi connectivity index (χ2v) is 20.6. The molecule has 2 aromatic carbocycles. The molecule has 0 spiro atoms.